The minimum Gasteiger partial charge on any atom is -0.400 e. The van der Waals surface area contributed by atoms with Crippen LogP contribution in [0.25, 0.3) is 10.9 Å². The second-order valence-electron chi connectivity index (χ2n) is 9.94. The van der Waals surface area contributed by atoms with Crippen LogP contribution in [0, 0.1) is 11.3 Å². The third-order valence-corrected chi connectivity index (χ3v) is 7.68. The average molecular weight is 502 g/mol. The van der Waals surface area contributed by atoms with Crippen molar-refractivity contribution >= 4 is 28.4 Å². The van der Waals surface area contributed by atoms with E-state index in [0.717, 1.165) is 87.7 Å². The standard InChI is InChI=1S/C26H31N9.CH4O/c1-18-14-34(23-5-4-19(13-27)25-22(23)3-2-8-29-25)17-21-16-33(11-12-35(18)21)26-30-9-6-24(31-26)32-10-7-20(28)15-32;1-2/h2-6,8-9,18,20-21H,7,10-12,14-17,28H2,1H3;2H,1H3. The van der Waals surface area contributed by atoms with E-state index in [2.05, 4.69) is 54.7 Å². The highest BCUT2D eigenvalue weighted by Crippen LogP contribution is 2.32. The molecule has 3 aliphatic heterocycles. The molecule has 3 atom stereocenters. The van der Waals surface area contributed by atoms with Crippen molar-refractivity contribution in [2.75, 3.05) is 67.6 Å². The van der Waals surface area contributed by atoms with Gasteiger partial charge in [0.2, 0.25) is 5.95 Å². The molecule has 0 bridgehead atoms. The van der Waals surface area contributed by atoms with Crippen LogP contribution >= 0.6 is 0 Å². The predicted molar refractivity (Wildman–Crippen MR) is 146 cm³/mol. The van der Waals surface area contributed by atoms with Crippen molar-refractivity contribution in [3.05, 3.63) is 48.3 Å². The summed E-state index contributed by atoms with van der Waals surface area (Å²) in [6.45, 7) is 8.79. The highest BCUT2D eigenvalue weighted by molar-refractivity contribution is 5.95. The minimum absolute atomic E-state index is 0.222. The van der Waals surface area contributed by atoms with Crippen molar-refractivity contribution in [1.82, 2.24) is 19.9 Å². The number of nitrogens with zero attached hydrogens (tertiary/aromatic N) is 8. The number of nitrogens with two attached hydrogens (primary N) is 1. The maximum atomic E-state index is 9.54. The number of anilines is 3. The van der Waals surface area contributed by atoms with E-state index < -0.39 is 0 Å². The molecule has 1 aromatic carbocycles. The van der Waals surface area contributed by atoms with E-state index >= 15 is 0 Å². The van der Waals surface area contributed by atoms with E-state index in [1.807, 2.05) is 24.4 Å². The molecule has 0 saturated carbocycles. The fraction of sp³-hybridized carbons (Fsp3) is 0.481. The van der Waals surface area contributed by atoms with Crippen molar-refractivity contribution in [3.63, 3.8) is 0 Å². The lowest BCUT2D eigenvalue weighted by molar-refractivity contribution is 0.108. The molecular formula is C27H35N9O. The maximum Gasteiger partial charge on any atom is 0.227 e. The summed E-state index contributed by atoms with van der Waals surface area (Å²) in [5.41, 5.74) is 8.67. The van der Waals surface area contributed by atoms with Crippen LogP contribution in [0.1, 0.15) is 18.9 Å². The number of rotatable bonds is 3. The lowest BCUT2D eigenvalue weighted by atomic mass is 10.0. The first-order valence-corrected chi connectivity index (χ1v) is 12.9. The number of nitriles is 1. The topological polar surface area (TPSA) is 122 Å². The largest absolute Gasteiger partial charge is 0.400 e. The summed E-state index contributed by atoms with van der Waals surface area (Å²) in [5.74, 6) is 1.78. The molecule has 2 aromatic heterocycles. The average Bonchev–Trinajstić information content (AvgIpc) is 3.39. The van der Waals surface area contributed by atoms with Gasteiger partial charge in [-0.25, -0.2) is 4.98 Å². The molecule has 10 heteroatoms. The van der Waals surface area contributed by atoms with Gasteiger partial charge >= 0.3 is 0 Å². The van der Waals surface area contributed by atoms with Gasteiger partial charge in [-0.2, -0.15) is 10.2 Å². The highest BCUT2D eigenvalue weighted by Gasteiger charge is 2.37. The lowest BCUT2D eigenvalue weighted by Crippen LogP contribution is -2.65. The van der Waals surface area contributed by atoms with Gasteiger partial charge in [0.25, 0.3) is 0 Å². The molecule has 3 unspecified atom stereocenters. The van der Waals surface area contributed by atoms with Crippen molar-refractivity contribution in [2.45, 2.75) is 31.5 Å². The molecule has 3 saturated heterocycles. The molecule has 0 amide bonds. The number of benzene rings is 1. The SMILES string of the molecule is CC1CN(c2ccc(C#N)c3ncccc23)CC2CN(c3nccc(N4CCC(N)C4)n3)CCN12.CO. The normalized spacial score (nSPS) is 23.9. The third-order valence-electron chi connectivity index (χ3n) is 7.68. The Bertz CT molecular complexity index is 1280. The van der Waals surface area contributed by atoms with Crippen LogP contribution in [0.2, 0.25) is 0 Å². The molecular weight excluding hydrogens is 466 g/mol. The zero-order valence-electron chi connectivity index (χ0n) is 21.5. The van der Waals surface area contributed by atoms with Crippen LogP contribution in [0.3, 0.4) is 0 Å². The van der Waals surface area contributed by atoms with E-state index in [4.69, 9.17) is 15.8 Å². The van der Waals surface area contributed by atoms with Crippen LogP contribution in [-0.4, -0.2) is 96.0 Å². The van der Waals surface area contributed by atoms with Gasteiger partial charge in [-0.3, -0.25) is 9.88 Å². The lowest BCUT2D eigenvalue weighted by Gasteiger charge is -2.51. The molecule has 0 spiro atoms. The number of piperazine rings is 2. The molecule has 37 heavy (non-hydrogen) atoms. The van der Waals surface area contributed by atoms with Crippen LogP contribution in [0.15, 0.2) is 42.7 Å². The molecule has 6 rings (SSSR count). The van der Waals surface area contributed by atoms with Crippen LogP contribution in [0.4, 0.5) is 17.5 Å². The molecule has 0 aliphatic carbocycles. The predicted octanol–water partition coefficient (Wildman–Crippen LogP) is 1.44. The molecule has 0 radical (unpaired) electrons. The van der Waals surface area contributed by atoms with Gasteiger partial charge in [-0.05, 0) is 43.7 Å². The second-order valence-corrected chi connectivity index (χ2v) is 9.94. The number of pyridine rings is 1. The van der Waals surface area contributed by atoms with E-state index in [-0.39, 0.29) is 6.04 Å². The Morgan fingerprint density at radius 1 is 0.946 bits per heavy atom. The molecule has 5 heterocycles. The summed E-state index contributed by atoms with van der Waals surface area (Å²) in [4.78, 5) is 23.7. The van der Waals surface area contributed by atoms with E-state index in [1.54, 1.807) is 6.20 Å². The Balaban J connectivity index is 0.00000137. The van der Waals surface area contributed by atoms with Gasteiger partial charge in [0.1, 0.15) is 11.9 Å². The van der Waals surface area contributed by atoms with Crippen molar-refractivity contribution in [2.24, 2.45) is 5.73 Å². The molecule has 3 aromatic rings. The molecule has 194 valence electrons. The Labute approximate surface area is 217 Å². The number of hydrogen-bond donors (Lipinski definition) is 2. The molecule has 3 aliphatic rings. The Kier molecular flexibility index (Phi) is 7.37. The maximum absolute atomic E-state index is 9.54. The van der Waals surface area contributed by atoms with Crippen LogP contribution in [0.5, 0.6) is 0 Å². The van der Waals surface area contributed by atoms with Gasteiger partial charge in [0, 0.05) is 94.5 Å². The molecule has 3 N–H and O–H groups in total. The highest BCUT2D eigenvalue weighted by atomic mass is 16.2. The summed E-state index contributed by atoms with van der Waals surface area (Å²) in [6.07, 6.45) is 4.64. The first-order valence-electron chi connectivity index (χ1n) is 12.9. The number of aromatic nitrogens is 3. The fourth-order valence-electron chi connectivity index (χ4n) is 5.93. The summed E-state index contributed by atoms with van der Waals surface area (Å²) < 4.78 is 0. The first kappa shape index (κ1) is 25.1. The van der Waals surface area contributed by atoms with Gasteiger partial charge in [-0.1, -0.05) is 0 Å². The summed E-state index contributed by atoms with van der Waals surface area (Å²) in [6, 6.07) is 13.3. The van der Waals surface area contributed by atoms with E-state index in [1.165, 1.54) is 0 Å². The monoisotopic (exact) mass is 501 g/mol. The summed E-state index contributed by atoms with van der Waals surface area (Å²) >= 11 is 0. The minimum atomic E-state index is 0.222. The second kappa shape index (κ2) is 10.8. The zero-order chi connectivity index (χ0) is 25.9. The summed E-state index contributed by atoms with van der Waals surface area (Å²) in [5, 5.41) is 17.6. The molecule has 10 nitrogen and oxygen atoms in total. The van der Waals surface area contributed by atoms with Gasteiger partial charge in [-0.15, -0.1) is 0 Å². The van der Waals surface area contributed by atoms with Crippen molar-refractivity contribution < 1.29 is 5.11 Å². The summed E-state index contributed by atoms with van der Waals surface area (Å²) in [7, 11) is 1.00. The van der Waals surface area contributed by atoms with Gasteiger partial charge < -0.3 is 25.5 Å². The molecule has 3 fully saturated rings. The van der Waals surface area contributed by atoms with Crippen molar-refractivity contribution in [1.29, 1.82) is 5.26 Å². The zero-order valence-corrected chi connectivity index (χ0v) is 21.5. The van der Waals surface area contributed by atoms with E-state index in [0.29, 0.717) is 17.6 Å². The number of fused-ring (bicyclic) bond motifs is 2. The van der Waals surface area contributed by atoms with E-state index in [9.17, 15) is 5.26 Å². The number of hydrogen-bond acceptors (Lipinski definition) is 10. The van der Waals surface area contributed by atoms with Crippen LogP contribution in [-0.2, 0) is 0 Å². The number of aliphatic hydroxyl groups excluding tert-OH is 1. The first-order chi connectivity index (χ1) is 18.1. The van der Waals surface area contributed by atoms with Crippen LogP contribution < -0.4 is 20.4 Å². The fourth-order valence-corrected chi connectivity index (χ4v) is 5.93. The Morgan fingerprint density at radius 2 is 1.78 bits per heavy atom. The van der Waals surface area contributed by atoms with Crippen molar-refractivity contribution in [3.8, 4) is 6.07 Å². The Hall–Kier alpha value is -3.52. The van der Waals surface area contributed by atoms with Gasteiger partial charge in [0.05, 0.1) is 11.1 Å². The quantitative estimate of drug-likeness (QED) is 0.545. The smallest absolute Gasteiger partial charge is 0.227 e. The Morgan fingerprint density at radius 3 is 2.57 bits per heavy atom. The van der Waals surface area contributed by atoms with Gasteiger partial charge in [0.15, 0.2) is 0 Å². The number of aliphatic hydroxyl groups is 1. The third kappa shape index (κ3) is 4.90.